The van der Waals surface area contributed by atoms with Gasteiger partial charge in [0.05, 0.1) is 6.07 Å². The molecule has 1 aliphatic rings. The highest BCUT2D eigenvalue weighted by Gasteiger charge is 2.29. The molecule has 0 aliphatic carbocycles. The van der Waals surface area contributed by atoms with Crippen LogP contribution >= 0.6 is 0 Å². The van der Waals surface area contributed by atoms with Crippen LogP contribution in [0, 0.1) is 17.2 Å². The SMILES string of the molecule is CCCC(C#N)C(=O)N1CCCC(N(C)C)C1. The first kappa shape index (κ1) is 14.0. The second kappa shape index (κ2) is 6.61. The van der Waals surface area contributed by atoms with Gasteiger partial charge in [0.1, 0.15) is 5.92 Å². The Balaban J connectivity index is 2.59. The lowest BCUT2D eigenvalue weighted by atomic mass is 9.99. The molecule has 1 saturated heterocycles. The molecule has 1 aliphatic heterocycles. The van der Waals surface area contributed by atoms with Crippen LogP contribution in [0.15, 0.2) is 0 Å². The number of piperidine rings is 1. The van der Waals surface area contributed by atoms with E-state index >= 15 is 0 Å². The molecule has 4 heteroatoms. The predicted octanol–water partition coefficient (Wildman–Crippen LogP) is 1.48. The van der Waals surface area contributed by atoms with Crippen LogP contribution in [-0.2, 0) is 4.79 Å². The number of carbonyl (C=O) groups excluding carboxylic acids is 1. The van der Waals surface area contributed by atoms with E-state index in [0.717, 1.165) is 32.4 Å². The lowest BCUT2D eigenvalue weighted by Crippen LogP contribution is -2.49. The number of carbonyl (C=O) groups is 1. The van der Waals surface area contributed by atoms with E-state index in [1.54, 1.807) is 0 Å². The third-order valence-electron chi connectivity index (χ3n) is 3.47. The van der Waals surface area contributed by atoms with Crippen molar-refractivity contribution in [3.63, 3.8) is 0 Å². The molecule has 0 saturated carbocycles. The summed E-state index contributed by atoms with van der Waals surface area (Å²) >= 11 is 0. The number of rotatable bonds is 4. The van der Waals surface area contributed by atoms with Gasteiger partial charge in [0.15, 0.2) is 0 Å². The largest absolute Gasteiger partial charge is 0.340 e. The maximum absolute atomic E-state index is 12.2. The first-order valence-electron chi connectivity index (χ1n) is 6.45. The number of hydrogen-bond acceptors (Lipinski definition) is 3. The number of nitrogens with zero attached hydrogens (tertiary/aromatic N) is 3. The molecule has 1 amide bonds. The zero-order valence-electron chi connectivity index (χ0n) is 11.1. The van der Waals surface area contributed by atoms with Crippen LogP contribution in [0.25, 0.3) is 0 Å². The molecular weight excluding hydrogens is 214 g/mol. The van der Waals surface area contributed by atoms with E-state index in [4.69, 9.17) is 5.26 Å². The van der Waals surface area contributed by atoms with E-state index in [-0.39, 0.29) is 5.91 Å². The molecule has 0 N–H and O–H groups in total. The average Bonchev–Trinajstić information content (AvgIpc) is 2.35. The van der Waals surface area contributed by atoms with Crippen LogP contribution in [0.1, 0.15) is 32.6 Å². The maximum atomic E-state index is 12.2. The van der Waals surface area contributed by atoms with Crippen LogP contribution in [0.3, 0.4) is 0 Å². The van der Waals surface area contributed by atoms with Crippen molar-refractivity contribution in [2.24, 2.45) is 5.92 Å². The van der Waals surface area contributed by atoms with E-state index < -0.39 is 5.92 Å². The van der Waals surface area contributed by atoms with E-state index in [0.29, 0.717) is 12.5 Å². The van der Waals surface area contributed by atoms with E-state index in [9.17, 15) is 4.79 Å². The fraction of sp³-hybridized carbons (Fsp3) is 0.846. The van der Waals surface area contributed by atoms with Crippen LogP contribution in [0.2, 0.25) is 0 Å². The highest BCUT2D eigenvalue weighted by molar-refractivity contribution is 5.81. The third kappa shape index (κ3) is 3.71. The van der Waals surface area contributed by atoms with Gasteiger partial charge in [-0.2, -0.15) is 5.26 Å². The van der Waals surface area contributed by atoms with Gasteiger partial charge in [0.2, 0.25) is 5.91 Å². The molecule has 0 radical (unpaired) electrons. The van der Waals surface area contributed by atoms with E-state index in [1.165, 1.54) is 0 Å². The van der Waals surface area contributed by atoms with Crippen molar-refractivity contribution in [2.75, 3.05) is 27.2 Å². The van der Waals surface area contributed by atoms with E-state index in [1.807, 2.05) is 25.9 Å². The molecule has 0 aromatic heterocycles. The van der Waals surface area contributed by atoms with Crippen molar-refractivity contribution >= 4 is 5.91 Å². The summed E-state index contributed by atoms with van der Waals surface area (Å²) in [6.07, 6.45) is 3.74. The molecule has 4 nitrogen and oxygen atoms in total. The summed E-state index contributed by atoms with van der Waals surface area (Å²) in [6, 6.07) is 2.58. The fourth-order valence-electron chi connectivity index (χ4n) is 2.33. The second-order valence-corrected chi connectivity index (χ2v) is 5.01. The number of amides is 1. The first-order chi connectivity index (χ1) is 8.10. The van der Waals surface area contributed by atoms with Crippen molar-refractivity contribution in [1.82, 2.24) is 9.80 Å². The Labute approximate surface area is 104 Å². The third-order valence-corrected chi connectivity index (χ3v) is 3.47. The zero-order chi connectivity index (χ0) is 12.8. The van der Waals surface area contributed by atoms with Gasteiger partial charge >= 0.3 is 0 Å². The van der Waals surface area contributed by atoms with Gasteiger partial charge in [-0.1, -0.05) is 13.3 Å². The summed E-state index contributed by atoms with van der Waals surface area (Å²) in [7, 11) is 4.10. The fourth-order valence-corrected chi connectivity index (χ4v) is 2.33. The summed E-state index contributed by atoms with van der Waals surface area (Å²) in [5.74, 6) is -0.415. The smallest absolute Gasteiger partial charge is 0.239 e. The minimum absolute atomic E-state index is 0.0286. The Morgan fingerprint density at radius 1 is 1.59 bits per heavy atom. The standard InChI is InChI=1S/C13H23N3O/c1-4-6-11(9-14)13(17)16-8-5-7-12(10-16)15(2)3/h11-12H,4-8,10H2,1-3H3. The lowest BCUT2D eigenvalue weighted by molar-refractivity contribution is -0.135. The Hall–Kier alpha value is -1.08. The molecular formula is C13H23N3O. The molecule has 2 unspecified atom stereocenters. The molecule has 0 aromatic rings. The quantitative estimate of drug-likeness (QED) is 0.744. The highest BCUT2D eigenvalue weighted by atomic mass is 16.2. The molecule has 17 heavy (non-hydrogen) atoms. The van der Waals surface area contributed by atoms with Gasteiger partial charge in [0, 0.05) is 19.1 Å². The summed E-state index contributed by atoms with van der Waals surface area (Å²) in [4.78, 5) is 16.2. The highest BCUT2D eigenvalue weighted by Crippen LogP contribution is 2.17. The molecule has 1 heterocycles. The average molecular weight is 237 g/mol. The van der Waals surface area contributed by atoms with Crippen LogP contribution < -0.4 is 0 Å². The van der Waals surface area contributed by atoms with Gasteiger partial charge in [-0.05, 0) is 33.4 Å². The number of likely N-dealkylation sites (N-methyl/N-ethyl adjacent to an activating group) is 1. The van der Waals surface area contributed by atoms with Gasteiger partial charge < -0.3 is 9.80 Å². The Bertz CT molecular complexity index is 296. The van der Waals surface area contributed by atoms with Crippen molar-refractivity contribution in [3.8, 4) is 6.07 Å². The van der Waals surface area contributed by atoms with Gasteiger partial charge in [-0.3, -0.25) is 4.79 Å². The maximum Gasteiger partial charge on any atom is 0.239 e. The number of nitriles is 1. The topological polar surface area (TPSA) is 47.3 Å². The van der Waals surface area contributed by atoms with E-state index in [2.05, 4.69) is 11.0 Å². The van der Waals surface area contributed by atoms with Crippen LogP contribution in [0.4, 0.5) is 0 Å². The number of likely N-dealkylation sites (tertiary alicyclic amines) is 1. The molecule has 1 rings (SSSR count). The van der Waals surface area contributed by atoms with Crippen molar-refractivity contribution in [2.45, 2.75) is 38.6 Å². The van der Waals surface area contributed by atoms with Crippen molar-refractivity contribution in [3.05, 3.63) is 0 Å². The molecule has 2 atom stereocenters. The molecule has 0 aromatic carbocycles. The summed E-state index contributed by atoms with van der Waals surface area (Å²) < 4.78 is 0. The summed E-state index contributed by atoms with van der Waals surface area (Å²) in [5, 5.41) is 9.03. The number of hydrogen-bond donors (Lipinski definition) is 0. The van der Waals surface area contributed by atoms with Gasteiger partial charge in [0.25, 0.3) is 0 Å². The Morgan fingerprint density at radius 2 is 2.29 bits per heavy atom. The molecule has 1 fully saturated rings. The summed E-state index contributed by atoms with van der Waals surface area (Å²) in [6.45, 7) is 3.59. The Kier molecular flexibility index (Phi) is 5.43. The minimum atomic E-state index is -0.444. The minimum Gasteiger partial charge on any atom is -0.340 e. The zero-order valence-corrected chi connectivity index (χ0v) is 11.1. The van der Waals surface area contributed by atoms with Crippen molar-refractivity contribution < 1.29 is 4.79 Å². The van der Waals surface area contributed by atoms with Gasteiger partial charge in [-0.25, -0.2) is 0 Å². The lowest BCUT2D eigenvalue weighted by Gasteiger charge is -2.36. The van der Waals surface area contributed by atoms with Crippen LogP contribution in [0.5, 0.6) is 0 Å². The molecule has 0 spiro atoms. The molecule has 96 valence electrons. The predicted molar refractivity (Wildman–Crippen MR) is 67.3 cm³/mol. The first-order valence-corrected chi connectivity index (χ1v) is 6.45. The summed E-state index contributed by atoms with van der Waals surface area (Å²) in [5.41, 5.74) is 0. The van der Waals surface area contributed by atoms with Crippen LogP contribution in [-0.4, -0.2) is 48.9 Å². The van der Waals surface area contributed by atoms with Crippen molar-refractivity contribution in [1.29, 1.82) is 5.26 Å². The van der Waals surface area contributed by atoms with Gasteiger partial charge in [-0.15, -0.1) is 0 Å². The monoisotopic (exact) mass is 237 g/mol. The Morgan fingerprint density at radius 3 is 2.82 bits per heavy atom. The molecule has 0 bridgehead atoms. The normalized spacial score (nSPS) is 22.3. The second-order valence-electron chi connectivity index (χ2n) is 5.01.